The molecule has 0 saturated heterocycles. The Labute approximate surface area is 648 Å². The average Bonchev–Trinajstić information content (AvgIpc) is 0.761. The molecule has 0 aliphatic carbocycles. The van der Waals surface area contributed by atoms with Gasteiger partial charge in [0.15, 0.2) is 17.5 Å². The number of fused-ring (bicyclic) bond motifs is 15. The zero-order valence-electron chi connectivity index (χ0n) is 61.1. The summed E-state index contributed by atoms with van der Waals surface area (Å²) in [6.07, 6.45) is -4.72. The fraction of sp³-hybridized carbons (Fsp3) is 0.280. The number of hydrogen-bond acceptors (Lipinski definition) is 18. The number of ether oxygens (including phenoxy) is 7. The average molecular weight is 1550 g/mol. The molecular weight excluding hydrogens is 1470 g/mol. The molecule has 0 fully saturated rings. The molecule has 0 saturated carbocycles. The molecule has 9 atom stereocenters. The van der Waals surface area contributed by atoms with E-state index in [2.05, 4.69) is 38.5 Å². The zero-order valence-corrected chi connectivity index (χ0v) is 62.6. The Morgan fingerprint density at radius 2 is 1.14 bits per heavy atom. The molecule has 11 N–H and O–H groups in total. The Bertz CT molecular complexity index is 4850. The fourth-order valence-corrected chi connectivity index (χ4v) is 13.1. The highest BCUT2D eigenvalue weighted by Gasteiger charge is 2.43. The topological polar surface area (TPSA) is 380 Å². The van der Waals surface area contributed by atoms with E-state index < -0.39 is 120 Å². The molecule has 5 heterocycles. The van der Waals surface area contributed by atoms with Gasteiger partial charge in [-0.25, -0.2) is 9.59 Å². The summed E-state index contributed by atoms with van der Waals surface area (Å²) in [6.45, 7) is 11.7. The van der Waals surface area contributed by atoms with Gasteiger partial charge in [0.2, 0.25) is 47.1 Å². The van der Waals surface area contributed by atoms with Gasteiger partial charge in [-0.15, -0.1) is 0 Å². The van der Waals surface area contributed by atoms with Gasteiger partial charge in [-0.2, -0.15) is 0 Å². The molecular formula is C82H82Cl2N8O19. The van der Waals surface area contributed by atoms with E-state index >= 15 is 24.0 Å². The van der Waals surface area contributed by atoms with E-state index in [9.17, 15) is 34.5 Å². The first-order chi connectivity index (χ1) is 53.0. The molecule has 0 unspecified atom stereocenters. The van der Waals surface area contributed by atoms with Crippen molar-refractivity contribution in [2.75, 3.05) is 13.7 Å². The van der Waals surface area contributed by atoms with E-state index in [1.165, 1.54) is 92.0 Å². The number of aliphatic hydroxyl groups is 2. The van der Waals surface area contributed by atoms with Crippen LogP contribution >= 0.6 is 23.2 Å². The first-order valence-corrected chi connectivity index (χ1v) is 36.1. The Hall–Kier alpha value is -12.2. The van der Waals surface area contributed by atoms with Crippen molar-refractivity contribution in [3.05, 3.63) is 237 Å². The molecule has 8 amide bonds. The van der Waals surface area contributed by atoms with Gasteiger partial charge in [0, 0.05) is 29.8 Å². The molecule has 0 spiro atoms. The quantitative estimate of drug-likeness (QED) is 0.0317. The van der Waals surface area contributed by atoms with Gasteiger partial charge in [-0.05, 0) is 127 Å². The van der Waals surface area contributed by atoms with Crippen molar-refractivity contribution in [3.63, 3.8) is 0 Å². The highest BCUT2D eigenvalue weighted by molar-refractivity contribution is 6.32. The number of benzene rings is 8. The van der Waals surface area contributed by atoms with Crippen LogP contribution in [-0.2, 0) is 62.9 Å². The van der Waals surface area contributed by atoms with Crippen LogP contribution in [0, 0.1) is 5.92 Å². The lowest BCUT2D eigenvalue weighted by molar-refractivity contribution is -0.143. The first-order valence-electron chi connectivity index (χ1n) is 35.3. The van der Waals surface area contributed by atoms with Crippen LogP contribution in [0.25, 0.3) is 11.1 Å². The zero-order chi connectivity index (χ0) is 79.5. The minimum atomic E-state index is -2.18. The summed E-state index contributed by atoms with van der Waals surface area (Å²) < 4.78 is 44.9. The van der Waals surface area contributed by atoms with E-state index in [1.54, 1.807) is 89.2 Å². The molecule has 578 valence electrons. The number of carboxylic acid groups (broad SMARTS) is 1. The maximum absolute atomic E-state index is 16.4. The van der Waals surface area contributed by atoms with E-state index in [1.807, 2.05) is 36.4 Å². The number of carbonyl (C=O) groups excluding carboxylic acids is 8. The lowest BCUT2D eigenvalue weighted by Gasteiger charge is -2.33. The van der Waals surface area contributed by atoms with Gasteiger partial charge in [-0.3, -0.25) is 38.5 Å². The first kappa shape index (κ1) is 79.9. The predicted molar refractivity (Wildman–Crippen MR) is 406 cm³/mol. The van der Waals surface area contributed by atoms with Crippen LogP contribution in [0.3, 0.4) is 0 Å². The number of likely N-dealkylation sites (N-methyl/N-ethyl adjacent to an activating group) is 1. The maximum atomic E-state index is 16.4. The number of aliphatic hydroxyl groups excluding tert-OH is 2. The van der Waals surface area contributed by atoms with Crippen LogP contribution in [0.2, 0.25) is 10.0 Å². The van der Waals surface area contributed by atoms with Gasteiger partial charge in [-0.1, -0.05) is 159 Å². The summed E-state index contributed by atoms with van der Waals surface area (Å²) in [5, 5.41) is 51.7. The van der Waals surface area contributed by atoms with Crippen LogP contribution in [0.4, 0.5) is 4.79 Å². The van der Waals surface area contributed by atoms with Crippen LogP contribution < -0.4 is 66.1 Å². The summed E-state index contributed by atoms with van der Waals surface area (Å²) in [5.74, 6) is -11.7. The summed E-state index contributed by atoms with van der Waals surface area (Å²) in [5.41, 5.74) is 6.11. The third kappa shape index (κ3) is 19.5. The highest BCUT2D eigenvalue weighted by Crippen LogP contribution is 2.49. The van der Waals surface area contributed by atoms with Crippen molar-refractivity contribution in [1.82, 2.24) is 36.8 Å². The van der Waals surface area contributed by atoms with Crippen LogP contribution in [0.5, 0.6) is 46.0 Å². The van der Waals surface area contributed by atoms with E-state index in [0.29, 0.717) is 11.1 Å². The van der Waals surface area contributed by atoms with Crippen molar-refractivity contribution >= 4 is 76.6 Å². The van der Waals surface area contributed by atoms with Crippen LogP contribution in [0.1, 0.15) is 122 Å². The van der Waals surface area contributed by atoms with Gasteiger partial charge in [0.1, 0.15) is 109 Å². The molecule has 27 nitrogen and oxygen atoms in total. The minimum Gasteiger partial charge on any atom is -0.489 e. The molecule has 5 aliphatic rings. The van der Waals surface area contributed by atoms with E-state index in [4.69, 9.17) is 62.1 Å². The smallest absolute Gasteiger partial charge is 0.410 e. The molecule has 111 heavy (non-hydrogen) atoms. The highest BCUT2D eigenvalue weighted by atomic mass is 35.5. The SMILES string of the molecule is C=CCOc1c2cc3cc1Oc1ccc(cc1Cl)[C@@H](O)[C@@H](NC(=O)[C@@H](CC(C)C)N(C)C(=O)OC(C)(C)C)C(=O)N[C@@H](CC(N)=O)C(=O)N[C@H]3C(=O)N[C@H]1C(=O)N[C@H](C(=O)N[C@H](C(=O)O)c3cc(OCc4ccccc4)cc(OCc4ccccc4)c3-c3cc1ccc3OCc1ccccc1)[C@H](O)c1ccc(c(Cl)c1)O2. The number of nitrogens with zero attached hydrogens (tertiary/aromatic N) is 1. The number of amides is 8. The second-order valence-electron chi connectivity index (χ2n) is 28.0. The second kappa shape index (κ2) is 35.0. The molecule has 8 aromatic carbocycles. The third-order valence-corrected chi connectivity index (χ3v) is 18.7. The molecule has 11 bridgehead atoms. The van der Waals surface area contributed by atoms with Crippen LogP contribution in [-0.4, -0.2) is 117 Å². The van der Waals surface area contributed by atoms with Crippen molar-refractivity contribution in [3.8, 4) is 57.1 Å². The Morgan fingerprint density at radius 3 is 1.68 bits per heavy atom. The number of rotatable bonds is 20. The fourth-order valence-electron chi connectivity index (χ4n) is 12.6. The molecule has 29 heteroatoms. The summed E-state index contributed by atoms with van der Waals surface area (Å²) in [7, 11) is 1.31. The Morgan fingerprint density at radius 1 is 0.604 bits per heavy atom. The summed E-state index contributed by atoms with van der Waals surface area (Å²) >= 11 is 14.2. The van der Waals surface area contributed by atoms with Gasteiger partial charge >= 0.3 is 12.1 Å². The second-order valence-corrected chi connectivity index (χ2v) is 28.8. The minimum absolute atomic E-state index is 0.000452. The lowest BCUT2D eigenvalue weighted by atomic mass is 9.89. The summed E-state index contributed by atoms with van der Waals surface area (Å²) in [4.78, 5) is 136. The van der Waals surface area contributed by atoms with Crippen LogP contribution in [0.15, 0.2) is 183 Å². The Kier molecular flexibility index (Phi) is 25.2. The Balaban J connectivity index is 1.13. The maximum Gasteiger partial charge on any atom is 0.410 e. The van der Waals surface area contributed by atoms with Crippen molar-refractivity contribution < 1.29 is 91.6 Å². The number of primary amides is 1. The number of aliphatic carboxylic acids is 1. The monoisotopic (exact) mass is 1550 g/mol. The van der Waals surface area contributed by atoms with Crippen molar-refractivity contribution in [2.24, 2.45) is 11.7 Å². The molecule has 0 aromatic heterocycles. The number of nitrogens with one attached hydrogen (secondary N) is 6. The number of hydrogen-bond donors (Lipinski definition) is 10. The number of carboxylic acids is 1. The van der Waals surface area contributed by atoms with Gasteiger partial charge in [0.25, 0.3) is 0 Å². The standard InChI is InChI=1S/C82H82Cl2N8O19/c1-8-30-105-73-62-35-50-36-63(73)110-60-29-26-49(34-55(60)84)72(95)70-79(101)89-68(80(102)103)53-37-51(106-40-44-18-12-9-13-19-44)38-61(108-42-46-22-16-11-17-23-46)65(53)52-32-47(24-27-58(52)107-41-45-20-14-10-15-21-45)66(76(98)91-70)88-77(99)67(50)87-74(96)56(39-64(85)93)86-78(100)69(71(94)48-25-28-59(109-62)54(83)33-48)90-75(97)57(31-43(2)3)92(7)81(104)111-82(4,5)6/h8-29,32-38,43,56-57,66-72,94-95H,1,30-31,39-42H2,2-7H3,(H2,85,93)(H,86,100)(H,87,96)(H,88,99)(H,89,101)(H,90,97)(H,91,98)(H,102,103)/t56-,57+,66+,67+,68-,69+,70-,71+,72+/m0/s1. The third-order valence-electron chi connectivity index (χ3n) is 18.1. The predicted octanol–water partition coefficient (Wildman–Crippen LogP) is 10.5. The van der Waals surface area contributed by atoms with Crippen molar-refractivity contribution in [2.45, 2.75) is 127 Å². The van der Waals surface area contributed by atoms with Gasteiger partial charge < -0.3 is 86.1 Å². The number of nitrogens with two attached hydrogens (primary N) is 1. The van der Waals surface area contributed by atoms with Gasteiger partial charge in [0.05, 0.1) is 16.5 Å². The largest absolute Gasteiger partial charge is 0.489 e. The molecule has 5 aliphatic heterocycles. The molecule has 13 rings (SSSR count). The lowest BCUT2D eigenvalue weighted by Crippen LogP contribution is -2.59. The molecule has 8 aromatic rings. The number of halogens is 2. The van der Waals surface area contributed by atoms with Crippen molar-refractivity contribution in [1.29, 1.82) is 0 Å². The number of carbonyl (C=O) groups is 9. The normalized spacial score (nSPS) is 19.3. The van der Waals surface area contributed by atoms with E-state index in [0.717, 1.165) is 10.5 Å². The van der Waals surface area contributed by atoms with E-state index in [-0.39, 0.29) is 134 Å². The molecule has 0 radical (unpaired) electrons. The summed E-state index contributed by atoms with van der Waals surface area (Å²) in [6, 6.07) is 30.3.